The Hall–Kier alpha value is -0.960. The molecule has 3 heteroatoms. The number of carbonyl (C=O) groups excluding carboxylic acids is 1. The Labute approximate surface area is 100 Å². The second kappa shape index (κ2) is 4.13. The Morgan fingerprint density at radius 1 is 1.38 bits per heavy atom. The highest BCUT2D eigenvalue weighted by molar-refractivity contribution is 7.99. The van der Waals surface area contributed by atoms with Crippen molar-refractivity contribution in [2.24, 2.45) is 0 Å². The van der Waals surface area contributed by atoms with Crippen LogP contribution in [0.4, 0.5) is 0 Å². The van der Waals surface area contributed by atoms with Crippen molar-refractivity contribution < 1.29 is 9.53 Å². The third kappa shape index (κ3) is 2.40. The lowest BCUT2D eigenvalue weighted by Crippen LogP contribution is -2.24. The van der Waals surface area contributed by atoms with E-state index in [0.29, 0.717) is 0 Å². The van der Waals surface area contributed by atoms with Gasteiger partial charge in [-0.15, -0.1) is 11.8 Å². The molecule has 0 unspecified atom stereocenters. The highest BCUT2D eigenvalue weighted by Gasteiger charge is 2.23. The molecule has 0 radical (unpaired) electrons. The van der Waals surface area contributed by atoms with Crippen molar-refractivity contribution >= 4 is 17.7 Å². The normalized spacial score (nSPS) is 14.7. The van der Waals surface area contributed by atoms with Crippen molar-refractivity contribution in [3.63, 3.8) is 0 Å². The van der Waals surface area contributed by atoms with Crippen molar-refractivity contribution in [3.05, 3.63) is 29.3 Å². The van der Waals surface area contributed by atoms with Gasteiger partial charge in [-0.1, -0.05) is 12.1 Å². The van der Waals surface area contributed by atoms with Gasteiger partial charge in [0.15, 0.2) is 0 Å². The fraction of sp³-hybridized carbons (Fsp3) is 0.462. The van der Waals surface area contributed by atoms with Crippen LogP contribution in [0.15, 0.2) is 23.1 Å². The second-order valence-corrected chi connectivity index (χ2v) is 6.00. The summed E-state index contributed by atoms with van der Waals surface area (Å²) in [4.78, 5) is 13.1. The smallest absolute Gasteiger partial charge is 0.339 e. The topological polar surface area (TPSA) is 26.3 Å². The van der Waals surface area contributed by atoms with Gasteiger partial charge in [-0.3, -0.25) is 0 Å². The summed E-state index contributed by atoms with van der Waals surface area (Å²) in [6, 6.07) is 5.87. The molecule has 0 spiro atoms. The van der Waals surface area contributed by atoms with Gasteiger partial charge in [0.25, 0.3) is 0 Å². The van der Waals surface area contributed by atoms with E-state index < -0.39 is 5.60 Å². The van der Waals surface area contributed by atoms with E-state index in [2.05, 4.69) is 6.07 Å². The van der Waals surface area contributed by atoms with Crippen molar-refractivity contribution in [2.45, 2.75) is 37.7 Å². The zero-order valence-electron chi connectivity index (χ0n) is 9.87. The summed E-state index contributed by atoms with van der Waals surface area (Å²) in [6.45, 7) is 5.67. The van der Waals surface area contributed by atoms with Crippen molar-refractivity contribution in [1.82, 2.24) is 0 Å². The standard InChI is InChI=1S/C13H16O2S/c1-13(2,3)15-12(14)10-6-4-5-9-7-8-16-11(9)10/h4-6H,7-8H2,1-3H3. The number of esters is 1. The largest absolute Gasteiger partial charge is 0.456 e. The summed E-state index contributed by atoms with van der Waals surface area (Å²) in [5, 5.41) is 0. The van der Waals surface area contributed by atoms with Crippen LogP contribution in [-0.4, -0.2) is 17.3 Å². The van der Waals surface area contributed by atoms with E-state index in [0.717, 1.165) is 22.6 Å². The van der Waals surface area contributed by atoms with Crippen LogP contribution in [0.1, 0.15) is 36.7 Å². The molecule has 1 aliphatic rings. The van der Waals surface area contributed by atoms with Crippen LogP contribution in [0.25, 0.3) is 0 Å². The predicted molar refractivity (Wildman–Crippen MR) is 66.0 cm³/mol. The first kappa shape index (κ1) is 11.5. The van der Waals surface area contributed by atoms with Gasteiger partial charge < -0.3 is 4.74 Å². The van der Waals surface area contributed by atoms with Crippen LogP contribution in [-0.2, 0) is 11.2 Å². The Bertz CT molecular complexity index is 418. The lowest BCUT2D eigenvalue weighted by molar-refractivity contribution is 0.00655. The summed E-state index contributed by atoms with van der Waals surface area (Å²) >= 11 is 1.75. The number of carbonyl (C=O) groups is 1. The van der Waals surface area contributed by atoms with Gasteiger partial charge in [-0.25, -0.2) is 4.79 Å². The molecule has 2 nitrogen and oxygen atoms in total. The maximum absolute atomic E-state index is 12.0. The van der Waals surface area contributed by atoms with Crippen LogP contribution in [0.5, 0.6) is 0 Å². The number of fused-ring (bicyclic) bond motifs is 1. The van der Waals surface area contributed by atoms with Crippen LogP contribution in [0.3, 0.4) is 0 Å². The van der Waals surface area contributed by atoms with Crippen molar-refractivity contribution in [3.8, 4) is 0 Å². The lowest BCUT2D eigenvalue weighted by Gasteiger charge is -2.20. The number of rotatable bonds is 1. The first-order valence-electron chi connectivity index (χ1n) is 5.45. The summed E-state index contributed by atoms with van der Waals surface area (Å²) in [5.41, 5.74) is 1.56. The van der Waals surface area contributed by atoms with Gasteiger partial charge in [0.1, 0.15) is 5.60 Å². The SMILES string of the molecule is CC(C)(C)OC(=O)c1cccc2c1SCC2. The molecule has 0 N–H and O–H groups in total. The highest BCUT2D eigenvalue weighted by atomic mass is 32.2. The minimum Gasteiger partial charge on any atom is -0.456 e. The summed E-state index contributed by atoms with van der Waals surface area (Å²) < 4.78 is 5.40. The third-order valence-corrected chi connectivity index (χ3v) is 3.51. The molecule has 2 rings (SSSR count). The Kier molecular flexibility index (Phi) is 2.98. The zero-order valence-corrected chi connectivity index (χ0v) is 10.7. The number of hydrogen-bond donors (Lipinski definition) is 0. The molecule has 0 amide bonds. The molecular formula is C13H16O2S. The van der Waals surface area contributed by atoms with Crippen molar-refractivity contribution in [2.75, 3.05) is 5.75 Å². The van der Waals surface area contributed by atoms with Gasteiger partial charge >= 0.3 is 5.97 Å². The summed E-state index contributed by atoms with van der Waals surface area (Å²) in [5.74, 6) is 0.855. The minimum absolute atomic E-state index is 0.209. The van der Waals surface area contributed by atoms with E-state index in [-0.39, 0.29) is 5.97 Å². The Balaban J connectivity index is 2.28. The number of ether oxygens (including phenoxy) is 1. The van der Waals surface area contributed by atoms with Crippen LogP contribution in [0, 0.1) is 0 Å². The molecule has 0 bridgehead atoms. The molecule has 0 saturated carbocycles. The van der Waals surface area contributed by atoms with E-state index in [4.69, 9.17) is 4.74 Å². The average molecular weight is 236 g/mol. The molecule has 0 fully saturated rings. The molecule has 0 saturated heterocycles. The van der Waals surface area contributed by atoms with Crippen LogP contribution >= 0.6 is 11.8 Å². The number of thioether (sulfide) groups is 1. The van der Waals surface area contributed by atoms with Crippen molar-refractivity contribution in [1.29, 1.82) is 0 Å². The van der Waals surface area contributed by atoms with E-state index in [1.807, 2.05) is 32.9 Å². The molecule has 1 aromatic rings. The molecule has 0 aliphatic carbocycles. The lowest BCUT2D eigenvalue weighted by atomic mass is 10.1. The second-order valence-electron chi connectivity index (χ2n) is 4.89. The third-order valence-electron chi connectivity index (χ3n) is 2.33. The average Bonchev–Trinajstić information content (AvgIpc) is 2.61. The summed E-state index contributed by atoms with van der Waals surface area (Å²) in [6.07, 6.45) is 1.05. The number of aryl methyl sites for hydroxylation is 1. The van der Waals surface area contributed by atoms with Gasteiger partial charge in [0.05, 0.1) is 5.56 Å². The molecule has 0 atom stereocenters. The maximum atomic E-state index is 12.0. The van der Waals surface area contributed by atoms with Gasteiger partial charge in [0.2, 0.25) is 0 Å². The first-order valence-corrected chi connectivity index (χ1v) is 6.44. The molecule has 0 aromatic heterocycles. The van der Waals surface area contributed by atoms with Gasteiger partial charge in [-0.05, 0) is 38.8 Å². The number of hydrogen-bond acceptors (Lipinski definition) is 3. The van der Waals surface area contributed by atoms with E-state index in [1.165, 1.54) is 5.56 Å². The van der Waals surface area contributed by atoms with E-state index in [9.17, 15) is 4.79 Å². The predicted octanol–water partition coefficient (Wildman–Crippen LogP) is 3.29. The summed E-state index contributed by atoms with van der Waals surface area (Å²) in [7, 11) is 0. The van der Waals surface area contributed by atoms with E-state index >= 15 is 0 Å². The van der Waals surface area contributed by atoms with E-state index in [1.54, 1.807) is 11.8 Å². The molecule has 1 aliphatic heterocycles. The van der Waals surface area contributed by atoms with Gasteiger partial charge in [0, 0.05) is 10.6 Å². The van der Waals surface area contributed by atoms with Crippen LogP contribution in [0.2, 0.25) is 0 Å². The molecule has 1 heterocycles. The van der Waals surface area contributed by atoms with Gasteiger partial charge in [-0.2, -0.15) is 0 Å². The Morgan fingerprint density at radius 3 is 2.81 bits per heavy atom. The first-order chi connectivity index (χ1) is 7.47. The monoisotopic (exact) mass is 236 g/mol. The molecular weight excluding hydrogens is 220 g/mol. The quantitative estimate of drug-likeness (QED) is 0.700. The van der Waals surface area contributed by atoms with Crippen LogP contribution < -0.4 is 0 Å². The molecule has 16 heavy (non-hydrogen) atoms. The zero-order chi connectivity index (χ0) is 11.8. The highest BCUT2D eigenvalue weighted by Crippen LogP contribution is 2.34. The number of benzene rings is 1. The fourth-order valence-electron chi connectivity index (χ4n) is 1.71. The minimum atomic E-state index is -0.428. The Morgan fingerprint density at radius 2 is 2.12 bits per heavy atom. The molecule has 1 aromatic carbocycles. The maximum Gasteiger partial charge on any atom is 0.339 e. The molecule has 86 valence electrons. The fourth-order valence-corrected chi connectivity index (χ4v) is 2.90.